The third kappa shape index (κ3) is 2.46. The molecule has 3 nitrogen and oxygen atoms in total. The van der Waals surface area contributed by atoms with Crippen LogP contribution in [0.5, 0.6) is 0 Å². The van der Waals surface area contributed by atoms with Crippen molar-refractivity contribution in [3.63, 3.8) is 0 Å². The molecule has 0 saturated carbocycles. The first kappa shape index (κ1) is 10.8. The van der Waals surface area contributed by atoms with Crippen LogP contribution in [0, 0.1) is 0 Å². The molecule has 0 fully saturated rings. The number of benzene rings is 1. The number of nitrogens with one attached hydrogen (secondary N) is 1. The Morgan fingerprint density at radius 3 is 2.75 bits per heavy atom. The van der Waals surface area contributed by atoms with Crippen LogP contribution in [-0.2, 0) is 6.42 Å². The zero-order valence-corrected chi connectivity index (χ0v) is 9.75. The highest BCUT2D eigenvalue weighted by Crippen LogP contribution is 2.18. The molecule has 0 bridgehead atoms. The zero-order chi connectivity index (χ0) is 11.4. The van der Waals surface area contributed by atoms with E-state index in [-0.39, 0.29) is 5.91 Å². The van der Waals surface area contributed by atoms with Crippen molar-refractivity contribution in [2.75, 3.05) is 5.32 Å². The van der Waals surface area contributed by atoms with E-state index in [0.29, 0.717) is 10.7 Å². The maximum atomic E-state index is 11.8. The standard InChI is InChI=1S/C12H12N2OS/c1-2-10-8-13-12(16-10)14-11(15)9-6-4-3-5-7-9/h3-8H,2H2,1H3,(H,13,14,15). The number of hydrogen-bond donors (Lipinski definition) is 1. The fourth-order valence-corrected chi connectivity index (χ4v) is 2.03. The minimum absolute atomic E-state index is 0.113. The summed E-state index contributed by atoms with van der Waals surface area (Å²) in [6, 6.07) is 9.13. The first-order chi connectivity index (χ1) is 7.79. The Labute approximate surface area is 98.2 Å². The highest BCUT2D eigenvalue weighted by molar-refractivity contribution is 7.15. The van der Waals surface area contributed by atoms with E-state index in [2.05, 4.69) is 17.2 Å². The maximum Gasteiger partial charge on any atom is 0.257 e. The number of nitrogens with zero attached hydrogens (tertiary/aromatic N) is 1. The van der Waals surface area contributed by atoms with Crippen molar-refractivity contribution in [3.8, 4) is 0 Å². The van der Waals surface area contributed by atoms with E-state index in [1.807, 2.05) is 18.2 Å². The van der Waals surface area contributed by atoms with Gasteiger partial charge in [-0.3, -0.25) is 10.1 Å². The van der Waals surface area contributed by atoms with Crippen LogP contribution >= 0.6 is 11.3 Å². The molecule has 2 aromatic rings. The van der Waals surface area contributed by atoms with Crippen molar-refractivity contribution in [2.45, 2.75) is 13.3 Å². The molecule has 1 aromatic carbocycles. The van der Waals surface area contributed by atoms with Crippen molar-refractivity contribution in [2.24, 2.45) is 0 Å². The van der Waals surface area contributed by atoms with Gasteiger partial charge >= 0.3 is 0 Å². The number of aryl methyl sites for hydroxylation is 1. The predicted octanol–water partition coefficient (Wildman–Crippen LogP) is 2.96. The second-order valence-corrected chi connectivity index (χ2v) is 4.42. The van der Waals surface area contributed by atoms with Crippen LogP contribution in [0.2, 0.25) is 0 Å². The average molecular weight is 232 g/mol. The number of amides is 1. The fraction of sp³-hybridized carbons (Fsp3) is 0.167. The molecule has 1 N–H and O–H groups in total. The van der Waals surface area contributed by atoms with Gasteiger partial charge in [-0.1, -0.05) is 25.1 Å². The Bertz CT molecular complexity index is 479. The molecule has 0 aliphatic heterocycles. The number of aromatic nitrogens is 1. The van der Waals surface area contributed by atoms with Crippen LogP contribution in [0.1, 0.15) is 22.2 Å². The Balaban J connectivity index is 2.08. The number of thiazole rings is 1. The Morgan fingerprint density at radius 1 is 1.38 bits per heavy atom. The van der Waals surface area contributed by atoms with Crippen LogP contribution in [0.4, 0.5) is 5.13 Å². The summed E-state index contributed by atoms with van der Waals surface area (Å²) in [6.07, 6.45) is 2.74. The normalized spacial score (nSPS) is 10.1. The zero-order valence-electron chi connectivity index (χ0n) is 8.93. The van der Waals surface area contributed by atoms with Gasteiger partial charge in [-0.25, -0.2) is 4.98 Å². The largest absolute Gasteiger partial charge is 0.298 e. The molecule has 0 atom stereocenters. The van der Waals surface area contributed by atoms with Crippen molar-refractivity contribution >= 4 is 22.4 Å². The topological polar surface area (TPSA) is 42.0 Å². The minimum atomic E-state index is -0.113. The number of carbonyl (C=O) groups is 1. The molecule has 1 heterocycles. The van der Waals surface area contributed by atoms with Gasteiger partial charge in [0.25, 0.3) is 5.91 Å². The van der Waals surface area contributed by atoms with E-state index < -0.39 is 0 Å². The molecule has 82 valence electrons. The van der Waals surface area contributed by atoms with E-state index >= 15 is 0 Å². The average Bonchev–Trinajstić information content (AvgIpc) is 2.78. The van der Waals surface area contributed by atoms with Gasteiger partial charge in [0.2, 0.25) is 0 Å². The molecule has 16 heavy (non-hydrogen) atoms. The van der Waals surface area contributed by atoms with E-state index in [0.717, 1.165) is 6.42 Å². The lowest BCUT2D eigenvalue weighted by Crippen LogP contribution is -2.11. The second kappa shape index (κ2) is 4.90. The Morgan fingerprint density at radius 2 is 2.12 bits per heavy atom. The van der Waals surface area contributed by atoms with E-state index in [4.69, 9.17) is 0 Å². The SMILES string of the molecule is CCc1cnc(NC(=O)c2ccccc2)s1. The molecule has 1 amide bonds. The number of anilines is 1. The quantitative estimate of drug-likeness (QED) is 0.884. The van der Waals surface area contributed by atoms with Crippen molar-refractivity contribution in [1.82, 2.24) is 4.98 Å². The van der Waals surface area contributed by atoms with Crippen LogP contribution in [-0.4, -0.2) is 10.9 Å². The summed E-state index contributed by atoms with van der Waals surface area (Å²) in [6.45, 7) is 2.07. The van der Waals surface area contributed by atoms with Crippen molar-refractivity contribution in [3.05, 3.63) is 47.0 Å². The lowest BCUT2D eigenvalue weighted by atomic mass is 10.2. The van der Waals surface area contributed by atoms with Gasteiger partial charge in [-0.05, 0) is 18.6 Å². The number of carbonyl (C=O) groups excluding carboxylic acids is 1. The lowest BCUT2D eigenvalue weighted by Gasteiger charge is -2.00. The van der Waals surface area contributed by atoms with Gasteiger partial charge < -0.3 is 0 Å². The summed E-state index contributed by atoms with van der Waals surface area (Å²) >= 11 is 1.51. The van der Waals surface area contributed by atoms with Crippen LogP contribution in [0.3, 0.4) is 0 Å². The highest BCUT2D eigenvalue weighted by atomic mass is 32.1. The van der Waals surface area contributed by atoms with Crippen LogP contribution in [0.15, 0.2) is 36.5 Å². The summed E-state index contributed by atoms with van der Waals surface area (Å²) in [7, 11) is 0. The van der Waals surface area contributed by atoms with Gasteiger partial charge in [0.05, 0.1) is 0 Å². The first-order valence-electron chi connectivity index (χ1n) is 5.10. The van der Waals surface area contributed by atoms with Gasteiger partial charge in [0, 0.05) is 16.6 Å². The molecule has 1 aromatic heterocycles. The number of hydrogen-bond acceptors (Lipinski definition) is 3. The molecule has 0 spiro atoms. The van der Waals surface area contributed by atoms with Crippen molar-refractivity contribution in [1.29, 1.82) is 0 Å². The molecule has 0 unspecified atom stereocenters. The molecule has 0 aliphatic carbocycles. The Hall–Kier alpha value is -1.68. The molecule has 0 aliphatic rings. The summed E-state index contributed by atoms with van der Waals surface area (Å²) in [4.78, 5) is 17.1. The molecule has 4 heteroatoms. The molecule has 0 saturated heterocycles. The third-order valence-corrected chi connectivity index (χ3v) is 3.22. The molecular weight excluding hydrogens is 220 g/mol. The fourth-order valence-electron chi connectivity index (χ4n) is 1.29. The van der Waals surface area contributed by atoms with Gasteiger partial charge in [0.1, 0.15) is 0 Å². The summed E-state index contributed by atoms with van der Waals surface area (Å²) < 4.78 is 0. The van der Waals surface area contributed by atoms with E-state index in [1.54, 1.807) is 18.3 Å². The van der Waals surface area contributed by atoms with Crippen LogP contribution < -0.4 is 5.32 Å². The van der Waals surface area contributed by atoms with Crippen molar-refractivity contribution < 1.29 is 4.79 Å². The molecule has 0 radical (unpaired) electrons. The first-order valence-corrected chi connectivity index (χ1v) is 5.92. The summed E-state index contributed by atoms with van der Waals surface area (Å²) in [5, 5.41) is 3.44. The van der Waals surface area contributed by atoms with Gasteiger partial charge in [-0.15, -0.1) is 11.3 Å². The summed E-state index contributed by atoms with van der Waals surface area (Å²) in [5.74, 6) is -0.113. The smallest absolute Gasteiger partial charge is 0.257 e. The summed E-state index contributed by atoms with van der Waals surface area (Å²) in [5.41, 5.74) is 0.649. The highest BCUT2D eigenvalue weighted by Gasteiger charge is 2.07. The minimum Gasteiger partial charge on any atom is -0.298 e. The van der Waals surface area contributed by atoms with Crippen LogP contribution in [0.25, 0.3) is 0 Å². The van der Waals surface area contributed by atoms with E-state index in [9.17, 15) is 4.79 Å². The lowest BCUT2D eigenvalue weighted by molar-refractivity contribution is 0.102. The monoisotopic (exact) mass is 232 g/mol. The van der Waals surface area contributed by atoms with E-state index in [1.165, 1.54) is 16.2 Å². The molecular formula is C12H12N2OS. The number of rotatable bonds is 3. The maximum absolute atomic E-state index is 11.8. The third-order valence-electron chi connectivity index (χ3n) is 2.16. The Kier molecular flexibility index (Phi) is 3.31. The predicted molar refractivity (Wildman–Crippen MR) is 65.9 cm³/mol. The molecule has 2 rings (SSSR count). The van der Waals surface area contributed by atoms with Gasteiger partial charge in [-0.2, -0.15) is 0 Å². The second-order valence-electron chi connectivity index (χ2n) is 3.31. The van der Waals surface area contributed by atoms with Gasteiger partial charge in [0.15, 0.2) is 5.13 Å².